The minimum absolute atomic E-state index is 0.181. The van der Waals surface area contributed by atoms with Gasteiger partial charge in [0.15, 0.2) is 17.7 Å². The Morgan fingerprint density at radius 3 is 2.50 bits per heavy atom. The van der Waals surface area contributed by atoms with Crippen molar-refractivity contribution in [3.05, 3.63) is 85.1 Å². The minimum atomic E-state index is -0.855. The van der Waals surface area contributed by atoms with E-state index in [-0.39, 0.29) is 22.2 Å². The van der Waals surface area contributed by atoms with Crippen LogP contribution in [0.5, 0.6) is 11.5 Å². The van der Waals surface area contributed by atoms with Crippen molar-refractivity contribution in [2.24, 2.45) is 5.10 Å². The first-order chi connectivity index (χ1) is 19.0. The second kappa shape index (κ2) is 12.2. The van der Waals surface area contributed by atoms with Gasteiger partial charge in [-0.05, 0) is 88.8 Å². The molecule has 40 heavy (non-hydrogen) atoms. The van der Waals surface area contributed by atoms with Crippen molar-refractivity contribution < 1.29 is 19.0 Å². The Bertz CT molecular complexity index is 1660. The number of esters is 1. The number of carbonyl (C=O) groups excluding carboxylic acids is 1. The fourth-order valence-electron chi connectivity index (χ4n) is 4.25. The molecule has 0 aliphatic heterocycles. The van der Waals surface area contributed by atoms with Crippen LogP contribution in [0, 0.1) is 6.92 Å². The highest BCUT2D eigenvalue weighted by Gasteiger charge is 2.20. The third kappa shape index (κ3) is 5.90. The first-order valence-electron chi connectivity index (χ1n) is 12.5. The van der Waals surface area contributed by atoms with Gasteiger partial charge in [-0.15, -0.1) is 0 Å². The number of fused-ring (bicyclic) bond motifs is 1. The van der Waals surface area contributed by atoms with Crippen molar-refractivity contribution in [1.82, 2.24) is 9.66 Å². The quantitative estimate of drug-likeness (QED) is 0.159. The van der Waals surface area contributed by atoms with Gasteiger partial charge in [0.2, 0.25) is 0 Å². The van der Waals surface area contributed by atoms with Crippen molar-refractivity contribution in [2.75, 3.05) is 14.2 Å². The van der Waals surface area contributed by atoms with E-state index in [0.717, 1.165) is 22.4 Å². The molecule has 0 unspecified atom stereocenters. The van der Waals surface area contributed by atoms with Crippen molar-refractivity contribution in [3.8, 4) is 22.9 Å². The lowest BCUT2D eigenvalue weighted by atomic mass is 9.96. The molecule has 0 bridgehead atoms. The molecule has 4 rings (SSSR count). The molecule has 4 aromatic rings. The van der Waals surface area contributed by atoms with Gasteiger partial charge < -0.3 is 14.2 Å². The van der Waals surface area contributed by atoms with Crippen LogP contribution in [-0.4, -0.2) is 42.2 Å². The maximum atomic E-state index is 13.7. The normalized spacial score (nSPS) is 12.2. The zero-order valence-corrected chi connectivity index (χ0v) is 25.3. The van der Waals surface area contributed by atoms with Crippen molar-refractivity contribution in [3.63, 3.8) is 0 Å². The van der Waals surface area contributed by atoms with E-state index in [1.165, 1.54) is 18.0 Å². The number of methoxy groups -OCH3 is 2. The standard InChI is InChI=1S/C30H29BrClN3O5/c1-16(2)21-14-22(17(3)11-26(21)38-5)28-34-25-10-8-7-9-20(25)29(36)35(28)33-15-19-12-23(31)27(24(32)13-19)40-18(4)30(37)39-6/h7-16,18H,1-6H3/t18-/m1/s1. The first-order valence-corrected chi connectivity index (χ1v) is 13.7. The predicted molar refractivity (Wildman–Crippen MR) is 161 cm³/mol. The molecular weight excluding hydrogens is 598 g/mol. The molecule has 0 N–H and O–H groups in total. The molecule has 1 heterocycles. The lowest BCUT2D eigenvalue weighted by molar-refractivity contribution is -0.147. The average Bonchev–Trinajstić information content (AvgIpc) is 2.93. The number of aromatic nitrogens is 2. The molecule has 0 fully saturated rings. The summed E-state index contributed by atoms with van der Waals surface area (Å²) >= 11 is 9.93. The molecule has 10 heteroatoms. The Kier molecular flexibility index (Phi) is 8.95. The summed E-state index contributed by atoms with van der Waals surface area (Å²) in [5.41, 5.74) is 3.50. The van der Waals surface area contributed by atoms with Gasteiger partial charge in [0.25, 0.3) is 5.56 Å². The number of hydrogen-bond donors (Lipinski definition) is 0. The Labute approximate surface area is 245 Å². The molecule has 0 saturated carbocycles. The molecule has 1 atom stereocenters. The van der Waals surface area contributed by atoms with Crippen molar-refractivity contribution in [1.29, 1.82) is 0 Å². The third-order valence-corrected chi connectivity index (χ3v) is 7.23. The van der Waals surface area contributed by atoms with E-state index in [2.05, 4.69) is 34.9 Å². The fraction of sp³-hybridized carbons (Fsp3) is 0.267. The van der Waals surface area contributed by atoms with Gasteiger partial charge in [-0.3, -0.25) is 4.79 Å². The monoisotopic (exact) mass is 625 g/mol. The number of para-hydroxylation sites is 1. The van der Waals surface area contributed by atoms with Gasteiger partial charge in [-0.2, -0.15) is 9.78 Å². The number of carbonyl (C=O) groups is 1. The first kappa shape index (κ1) is 29.3. The smallest absolute Gasteiger partial charge is 0.346 e. The number of hydrogen-bond acceptors (Lipinski definition) is 7. The highest BCUT2D eigenvalue weighted by molar-refractivity contribution is 9.10. The van der Waals surface area contributed by atoms with Crippen LogP contribution in [0.15, 0.2) is 62.9 Å². The van der Waals surface area contributed by atoms with E-state index in [0.29, 0.717) is 26.8 Å². The Morgan fingerprint density at radius 1 is 1.12 bits per heavy atom. The average molecular weight is 627 g/mol. The summed E-state index contributed by atoms with van der Waals surface area (Å²) in [6, 6.07) is 14.5. The minimum Gasteiger partial charge on any atom is -0.496 e. The van der Waals surface area contributed by atoms with Crippen LogP contribution >= 0.6 is 27.5 Å². The van der Waals surface area contributed by atoms with E-state index in [4.69, 9.17) is 30.8 Å². The summed E-state index contributed by atoms with van der Waals surface area (Å²) in [5.74, 6) is 1.12. The molecule has 0 aliphatic carbocycles. The van der Waals surface area contributed by atoms with Crippen LogP contribution in [0.1, 0.15) is 43.4 Å². The highest BCUT2D eigenvalue weighted by Crippen LogP contribution is 2.36. The molecule has 8 nitrogen and oxygen atoms in total. The summed E-state index contributed by atoms with van der Waals surface area (Å²) in [7, 11) is 2.93. The molecule has 1 aromatic heterocycles. The van der Waals surface area contributed by atoms with E-state index in [1.807, 2.05) is 25.1 Å². The lowest BCUT2D eigenvalue weighted by Gasteiger charge is -2.17. The Balaban J connectivity index is 1.86. The summed E-state index contributed by atoms with van der Waals surface area (Å²) < 4.78 is 17.8. The number of rotatable bonds is 8. The van der Waals surface area contributed by atoms with Crippen LogP contribution in [0.2, 0.25) is 5.02 Å². The molecule has 0 amide bonds. The van der Waals surface area contributed by atoms with Gasteiger partial charge in [0.1, 0.15) is 5.75 Å². The molecular formula is C30H29BrClN3O5. The van der Waals surface area contributed by atoms with Gasteiger partial charge >= 0.3 is 5.97 Å². The maximum absolute atomic E-state index is 13.7. The largest absolute Gasteiger partial charge is 0.496 e. The Hall–Kier alpha value is -3.69. The summed E-state index contributed by atoms with van der Waals surface area (Å²) in [6.07, 6.45) is 0.667. The topological polar surface area (TPSA) is 92.0 Å². The van der Waals surface area contributed by atoms with E-state index < -0.39 is 12.1 Å². The number of halogens is 2. The lowest BCUT2D eigenvalue weighted by Crippen LogP contribution is -2.25. The van der Waals surface area contributed by atoms with Crippen LogP contribution in [0.3, 0.4) is 0 Å². The SMILES string of the molecule is COC(=O)[C@@H](C)Oc1c(Cl)cc(C=Nn2c(-c3cc(C(C)C)c(OC)cc3C)nc3ccccc3c2=O)cc1Br. The summed E-state index contributed by atoms with van der Waals surface area (Å²) in [4.78, 5) is 30.3. The molecule has 0 spiro atoms. The number of nitrogens with zero attached hydrogens (tertiary/aromatic N) is 3. The number of benzene rings is 3. The second-order valence-corrected chi connectivity index (χ2v) is 10.7. The second-order valence-electron chi connectivity index (χ2n) is 9.47. The number of ether oxygens (including phenoxy) is 3. The van der Waals surface area contributed by atoms with Crippen LogP contribution in [-0.2, 0) is 9.53 Å². The zero-order chi connectivity index (χ0) is 29.1. The summed E-state index contributed by atoms with van der Waals surface area (Å²) in [5, 5.41) is 5.26. The predicted octanol–water partition coefficient (Wildman–Crippen LogP) is 6.74. The highest BCUT2D eigenvalue weighted by atomic mass is 79.9. The maximum Gasteiger partial charge on any atom is 0.346 e. The Morgan fingerprint density at radius 2 is 1.85 bits per heavy atom. The zero-order valence-electron chi connectivity index (χ0n) is 23.0. The molecule has 0 aliphatic rings. The number of aryl methyl sites for hydroxylation is 1. The van der Waals surface area contributed by atoms with Gasteiger partial charge in [0, 0.05) is 5.56 Å². The summed E-state index contributed by atoms with van der Waals surface area (Å²) in [6.45, 7) is 7.67. The van der Waals surface area contributed by atoms with Crippen LogP contribution < -0.4 is 15.0 Å². The molecule has 208 valence electrons. The van der Waals surface area contributed by atoms with Gasteiger partial charge in [-0.1, -0.05) is 37.6 Å². The van der Waals surface area contributed by atoms with Gasteiger partial charge in [0.05, 0.1) is 40.8 Å². The molecule has 0 radical (unpaired) electrons. The van der Waals surface area contributed by atoms with Crippen LogP contribution in [0.4, 0.5) is 0 Å². The molecule has 0 saturated heterocycles. The van der Waals surface area contributed by atoms with Crippen molar-refractivity contribution in [2.45, 2.75) is 39.7 Å². The van der Waals surface area contributed by atoms with E-state index in [9.17, 15) is 9.59 Å². The van der Waals surface area contributed by atoms with E-state index >= 15 is 0 Å². The van der Waals surface area contributed by atoms with E-state index in [1.54, 1.807) is 44.4 Å². The third-order valence-electron chi connectivity index (χ3n) is 6.36. The van der Waals surface area contributed by atoms with Crippen molar-refractivity contribution >= 4 is 50.6 Å². The fourth-order valence-corrected chi connectivity index (χ4v) is 5.21. The van der Waals surface area contributed by atoms with Gasteiger partial charge in [-0.25, -0.2) is 9.78 Å². The van der Waals surface area contributed by atoms with Crippen LogP contribution in [0.25, 0.3) is 22.3 Å². The molecule has 3 aromatic carbocycles.